The molecule has 53 heavy (non-hydrogen) atoms. The molecule has 2 radical (unpaired) electrons. The van der Waals surface area contributed by atoms with Crippen molar-refractivity contribution in [1.82, 2.24) is 0 Å². The van der Waals surface area contributed by atoms with Gasteiger partial charge in [0.15, 0.2) is 0 Å². The molecule has 6 aromatic rings. The first-order chi connectivity index (χ1) is 25.7. The van der Waals surface area contributed by atoms with Crippen LogP contribution in [0.3, 0.4) is 0 Å². The molecule has 270 valence electrons. The molecule has 6 aromatic carbocycles. The van der Waals surface area contributed by atoms with E-state index in [1.54, 1.807) is 0 Å². The average molecular weight is 794 g/mol. The summed E-state index contributed by atoms with van der Waals surface area (Å²) in [5.74, 6) is 1.48. The van der Waals surface area contributed by atoms with E-state index < -0.39 is 32.0 Å². The van der Waals surface area contributed by atoms with E-state index in [-0.39, 0.29) is 0 Å². The summed E-state index contributed by atoms with van der Waals surface area (Å²) in [5.41, 5.74) is 8.61. The van der Waals surface area contributed by atoms with Crippen LogP contribution in [0.4, 0.5) is 11.4 Å². The van der Waals surface area contributed by atoms with Gasteiger partial charge >= 0.3 is 331 Å². The third-order valence-corrected chi connectivity index (χ3v) is 19.2. The van der Waals surface area contributed by atoms with Crippen LogP contribution in [-0.4, -0.2) is 15.9 Å². The van der Waals surface area contributed by atoms with Gasteiger partial charge in [-0.05, 0) is 0 Å². The predicted octanol–water partition coefficient (Wildman–Crippen LogP) is 12.1. The summed E-state index contributed by atoms with van der Waals surface area (Å²) >= 11 is -1.11. The minimum absolute atomic E-state index is 0.369. The number of hydrogen-bond acceptors (Lipinski definition) is 2. The average Bonchev–Trinajstić information content (AvgIpc) is 3.18. The Balaban J connectivity index is 1.76. The van der Waals surface area contributed by atoms with Gasteiger partial charge in [-0.2, -0.15) is 0 Å². The Morgan fingerprint density at radius 1 is 0.321 bits per heavy atom. The normalized spacial score (nSPS) is 11.7. The molecule has 0 N–H and O–H groups in total. The molecule has 5 heteroatoms. The molecule has 2 nitrogen and oxygen atoms in total. The summed E-state index contributed by atoms with van der Waals surface area (Å²) in [6.07, 6.45) is 0. The summed E-state index contributed by atoms with van der Waals surface area (Å²) in [5, 5.41) is 5.54. The Bertz CT molecular complexity index is 1750. The first-order valence-electron chi connectivity index (χ1n) is 19.1. The van der Waals surface area contributed by atoms with Crippen LogP contribution in [0.25, 0.3) is 0 Å². The van der Waals surface area contributed by atoms with E-state index in [0.717, 1.165) is 0 Å². The van der Waals surface area contributed by atoms with Crippen molar-refractivity contribution in [1.29, 1.82) is 0 Å². The quantitative estimate of drug-likeness (QED) is 0.0801. The molecule has 0 saturated carbocycles. The summed E-state index contributed by atoms with van der Waals surface area (Å²) in [6, 6.07) is 59.6. The Morgan fingerprint density at radius 2 is 0.547 bits per heavy atom. The molecule has 0 aliphatic carbocycles. The van der Waals surface area contributed by atoms with Crippen LogP contribution in [-0.2, 0) is 0 Å². The number of benzene rings is 6. The van der Waals surface area contributed by atoms with Crippen LogP contribution < -0.4 is 28.5 Å². The SMILES string of the molecule is CC(C)c1cccc(C(C)C)c1[N]([Ge][N](c1c(C(C)C)cccc1C(C)C)P(c1ccccc1)c1ccccc1)P(c1ccccc1)c1ccccc1. The molecule has 0 amide bonds. The molecule has 0 fully saturated rings. The first kappa shape index (κ1) is 39.0. The maximum atomic E-state index is 2.97. The van der Waals surface area contributed by atoms with E-state index in [2.05, 4.69) is 220 Å². The topological polar surface area (TPSA) is 6.48 Å². The van der Waals surface area contributed by atoms with Crippen molar-refractivity contribution in [3.63, 3.8) is 0 Å². The van der Waals surface area contributed by atoms with Gasteiger partial charge < -0.3 is 0 Å². The molecule has 0 aromatic heterocycles. The van der Waals surface area contributed by atoms with Gasteiger partial charge in [0.05, 0.1) is 0 Å². The van der Waals surface area contributed by atoms with E-state index in [1.165, 1.54) is 54.8 Å². The molecule has 0 aliphatic heterocycles. The van der Waals surface area contributed by atoms with Crippen LogP contribution in [0, 0.1) is 0 Å². The van der Waals surface area contributed by atoms with Gasteiger partial charge in [0.2, 0.25) is 0 Å². The van der Waals surface area contributed by atoms with Gasteiger partial charge in [-0.1, -0.05) is 0 Å². The van der Waals surface area contributed by atoms with Crippen LogP contribution >= 0.6 is 16.1 Å². The van der Waals surface area contributed by atoms with Gasteiger partial charge in [0, 0.05) is 0 Å². The van der Waals surface area contributed by atoms with Crippen molar-refractivity contribution >= 4 is 64.6 Å². The van der Waals surface area contributed by atoms with Crippen molar-refractivity contribution in [2.24, 2.45) is 0 Å². The molecule has 0 spiro atoms. The summed E-state index contributed by atoms with van der Waals surface area (Å²) < 4.78 is 5.93. The second kappa shape index (κ2) is 18.1. The van der Waals surface area contributed by atoms with E-state index >= 15 is 0 Å². The van der Waals surface area contributed by atoms with Crippen LogP contribution in [0.5, 0.6) is 0 Å². The van der Waals surface area contributed by atoms with E-state index in [0.29, 0.717) is 23.7 Å². The van der Waals surface area contributed by atoms with Crippen molar-refractivity contribution in [3.05, 3.63) is 180 Å². The zero-order valence-corrected chi connectivity index (χ0v) is 36.5. The summed E-state index contributed by atoms with van der Waals surface area (Å²) in [4.78, 5) is 0. The zero-order chi connectivity index (χ0) is 37.5. The standard InChI is InChI=1S/C48H54GeN2P2/c1-35(2)43-31-21-32-44(36(3)4)47(43)50(52(39-23-13-9-14-24-39)40-25-15-10-16-26-40)49-51(48-45(37(5)6)33-22-34-46(48)38(7)8)53(41-27-17-11-18-28-41)42-29-19-12-20-30-42/h9-38H,1-8H3. The molecule has 6 rings (SSSR count). The number of hydrogen-bond donors (Lipinski definition) is 0. The summed E-state index contributed by atoms with van der Waals surface area (Å²) in [6.45, 7) is 19.0. The Morgan fingerprint density at radius 3 is 0.755 bits per heavy atom. The fourth-order valence-corrected chi connectivity index (χ4v) is 18.6. The number of para-hydroxylation sites is 2. The molecule has 0 heterocycles. The van der Waals surface area contributed by atoms with Gasteiger partial charge in [-0.25, -0.2) is 0 Å². The second-order valence-electron chi connectivity index (χ2n) is 14.9. The third-order valence-electron chi connectivity index (χ3n) is 9.70. The first-order valence-corrected chi connectivity index (χ1v) is 23.6. The Kier molecular flexibility index (Phi) is 13.3. The Hall–Kier alpha value is -3.68. The maximum absolute atomic E-state index is 2.97. The molecule has 0 saturated heterocycles. The molecule has 0 bridgehead atoms. The molecule has 0 aliphatic rings. The minimum atomic E-state index is -1.11. The van der Waals surface area contributed by atoms with Crippen molar-refractivity contribution in [2.75, 3.05) is 7.26 Å². The monoisotopic (exact) mass is 794 g/mol. The predicted molar refractivity (Wildman–Crippen MR) is 238 cm³/mol. The van der Waals surface area contributed by atoms with E-state index in [9.17, 15) is 0 Å². The van der Waals surface area contributed by atoms with Gasteiger partial charge in [0.1, 0.15) is 0 Å². The van der Waals surface area contributed by atoms with Crippen molar-refractivity contribution in [3.8, 4) is 0 Å². The molecule has 0 unspecified atom stereocenters. The van der Waals surface area contributed by atoms with E-state index in [4.69, 9.17) is 0 Å². The van der Waals surface area contributed by atoms with Gasteiger partial charge in [0.25, 0.3) is 0 Å². The van der Waals surface area contributed by atoms with Crippen molar-refractivity contribution in [2.45, 2.75) is 79.1 Å². The number of nitrogens with zero attached hydrogens (tertiary/aromatic N) is 2. The summed E-state index contributed by atoms with van der Waals surface area (Å²) in [7, 11) is -1.90. The second-order valence-corrected chi connectivity index (χ2v) is 22.9. The fourth-order valence-electron chi connectivity index (χ4n) is 7.03. The Labute approximate surface area is 329 Å². The van der Waals surface area contributed by atoms with Crippen LogP contribution in [0.1, 0.15) is 101 Å². The fraction of sp³-hybridized carbons (Fsp3) is 0.250. The molecular weight excluding hydrogens is 739 g/mol. The van der Waals surface area contributed by atoms with Gasteiger partial charge in [-0.15, -0.1) is 0 Å². The zero-order valence-electron chi connectivity index (χ0n) is 32.6. The van der Waals surface area contributed by atoms with E-state index in [1.807, 2.05) is 0 Å². The number of anilines is 2. The van der Waals surface area contributed by atoms with Gasteiger partial charge in [-0.3, -0.25) is 0 Å². The van der Waals surface area contributed by atoms with Crippen molar-refractivity contribution < 1.29 is 0 Å². The van der Waals surface area contributed by atoms with Crippen LogP contribution in [0.2, 0.25) is 0 Å². The number of rotatable bonds is 14. The molecular formula is C48H54GeN2P2. The molecule has 0 atom stereocenters. The third kappa shape index (κ3) is 8.84. The van der Waals surface area contributed by atoms with Crippen LogP contribution in [0.15, 0.2) is 158 Å².